The summed E-state index contributed by atoms with van der Waals surface area (Å²) in [5.74, 6) is 0.915. The zero-order chi connectivity index (χ0) is 19.0. The van der Waals surface area contributed by atoms with E-state index in [9.17, 15) is 4.79 Å². The van der Waals surface area contributed by atoms with Crippen LogP contribution in [0.1, 0.15) is 28.9 Å². The number of amides is 1. The lowest BCUT2D eigenvalue weighted by molar-refractivity contribution is 0.0717. The van der Waals surface area contributed by atoms with Crippen molar-refractivity contribution < 1.29 is 4.79 Å². The predicted molar refractivity (Wildman–Crippen MR) is 105 cm³/mol. The molecule has 1 unspecified atom stereocenters. The first-order valence-corrected chi connectivity index (χ1v) is 9.27. The van der Waals surface area contributed by atoms with Crippen molar-refractivity contribution in [2.24, 2.45) is 7.05 Å². The Morgan fingerprint density at radius 1 is 1.22 bits per heavy atom. The quantitative estimate of drug-likeness (QED) is 0.714. The fraction of sp³-hybridized carbons (Fsp3) is 0.400. The van der Waals surface area contributed by atoms with Gasteiger partial charge in [-0.3, -0.25) is 9.48 Å². The molecule has 4 rings (SSSR count). The van der Waals surface area contributed by atoms with Crippen LogP contribution in [0.4, 0.5) is 5.82 Å². The number of piperidine rings is 1. The Balaban J connectivity index is 1.58. The summed E-state index contributed by atoms with van der Waals surface area (Å²) in [6, 6.07) is 8.38. The number of benzene rings is 1. The van der Waals surface area contributed by atoms with Crippen LogP contribution < -0.4 is 4.90 Å². The van der Waals surface area contributed by atoms with E-state index >= 15 is 0 Å². The number of hydrogen-bond acceptors (Lipinski definition) is 5. The molecule has 27 heavy (non-hydrogen) atoms. The Labute approximate surface area is 158 Å². The monoisotopic (exact) mass is 364 g/mol. The zero-order valence-electron chi connectivity index (χ0n) is 16.0. The second-order valence-corrected chi connectivity index (χ2v) is 7.22. The molecule has 7 heteroatoms. The number of likely N-dealkylation sites (N-methyl/N-ethyl adjacent to an activating group) is 1. The summed E-state index contributed by atoms with van der Waals surface area (Å²) in [5.41, 5.74) is 1.56. The molecule has 0 saturated carbocycles. The number of aryl methyl sites for hydroxylation is 2. The van der Waals surface area contributed by atoms with Crippen molar-refractivity contribution in [2.75, 3.05) is 25.0 Å². The van der Waals surface area contributed by atoms with Gasteiger partial charge in [0.1, 0.15) is 0 Å². The van der Waals surface area contributed by atoms with E-state index in [1.54, 1.807) is 17.1 Å². The van der Waals surface area contributed by atoms with Crippen molar-refractivity contribution in [1.29, 1.82) is 0 Å². The lowest BCUT2D eigenvalue weighted by atomic mass is 10.0. The Morgan fingerprint density at radius 3 is 2.74 bits per heavy atom. The van der Waals surface area contributed by atoms with Gasteiger partial charge in [-0.1, -0.05) is 24.3 Å². The molecule has 1 aliphatic heterocycles. The largest absolute Gasteiger partial charge is 0.353 e. The highest BCUT2D eigenvalue weighted by molar-refractivity contribution is 5.94. The molecule has 140 valence electrons. The van der Waals surface area contributed by atoms with Gasteiger partial charge in [0.15, 0.2) is 5.82 Å². The predicted octanol–water partition coefficient (Wildman–Crippen LogP) is 2.41. The number of aromatic nitrogens is 4. The normalized spacial score (nSPS) is 17.3. The van der Waals surface area contributed by atoms with Gasteiger partial charge in [-0.25, -0.2) is 0 Å². The molecule has 0 spiro atoms. The molecule has 0 radical (unpaired) electrons. The lowest BCUT2D eigenvalue weighted by Gasteiger charge is -2.38. The minimum absolute atomic E-state index is 0.00907. The molecular formula is C20H24N6O. The second kappa shape index (κ2) is 6.98. The third-order valence-corrected chi connectivity index (χ3v) is 5.37. The minimum Gasteiger partial charge on any atom is -0.353 e. The van der Waals surface area contributed by atoms with Crippen molar-refractivity contribution in [2.45, 2.75) is 25.8 Å². The first kappa shape index (κ1) is 17.5. The van der Waals surface area contributed by atoms with Crippen LogP contribution in [0.5, 0.6) is 0 Å². The van der Waals surface area contributed by atoms with Gasteiger partial charge in [0.2, 0.25) is 0 Å². The molecule has 1 aliphatic rings. The molecule has 3 aromatic rings. The molecule has 0 bridgehead atoms. The molecule has 1 amide bonds. The number of hydrogen-bond donors (Lipinski definition) is 0. The number of fused-ring (bicyclic) bond motifs is 1. The van der Waals surface area contributed by atoms with E-state index < -0.39 is 0 Å². The average molecular weight is 364 g/mol. The standard InChI is InChI=1S/C20H24N6O/c1-14-17-8-4-5-9-18(17)19(23-22-14)26-10-6-7-16(13-26)25(3)20(27)15-11-21-24(2)12-15/h4-5,8-9,11-12,16H,6-7,10,13H2,1-3H3. The Kier molecular flexibility index (Phi) is 4.51. The van der Waals surface area contributed by atoms with E-state index in [0.29, 0.717) is 5.56 Å². The molecule has 1 aromatic carbocycles. The van der Waals surface area contributed by atoms with Crippen LogP contribution in [0.2, 0.25) is 0 Å². The van der Waals surface area contributed by atoms with Crippen LogP contribution in [-0.4, -0.2) is 57.0 Å². The first-order chi connectivity index (χ1) is 13.0. The van der Waals surface area contributed by atoms with Crippen molar-refractivity contribution in [3.05, 3.63) is 47.9 Å². The summed E-state index contributed by atoms with van der Waals surface area (Å²) < 4.78 is 1.66. The van der Waals surface area contributed by atoms with Crippen LogP contribution in [-0.2, 0) is 7.05 Å². The molecule has 0 aliphatic carbocycles. The maximum atomic E-state index is 12.8. The Morgan fingerprint density at radius 2 is 2.00 bits per heavy atom. The summed E-state index contributed by atoms with van der Waals surface area (Å²) >= 11 is 0. The maximum absolute atomic E-state index is 12.8. The van der Waals surface area contributed by atoms with Gasteiger partial charge in [-0.15, -0.1) is 5.10 Å². The van der Waals surface area contributed by atoms with Gasteiger partial charge in [0.05, 0.1) is 17.5 Å². The molecule has 7 nitrogen and oxygen atoms in total. The maximum Gasteiger partial charge on any atom is 0.257 e. The number of carbonyl (C=O) groups excluding carboxylic acids is 1. The summed E-state index contributed by atoms with van der Waals surface area (Å²) in [5, 5.41) is 15.2. The van der Waals surface area contributed by atoms with Crippen molar-refractivity contribution in [1.82, 2.24) is 24.9 Å². The second-order valence-electron chi connectivity index (χ2n) is 7.22. The summed E-state index contributed by atoms with van der Waals surface area (Å²) in [6.45, 7) is 3.66. The molecule has 2 aromatic heterocycles. The summed E-state index contributed by atoms with van der Waals surface area (Å²) in [6.07, 6.45) is 5.38. The third-order valence-electron chi connectivity index (χ3n) is 5.37. The lowest BCUT2D eigenvalue weighted by Crippen LogP contribution is -2.49. The van der Waals surface area contributed by atoms with Gasteiger partial charge in [0.25, 0.3) is 5.91 Å². The average Bonchev–Trinajstić information content (AvgIpc) is 3.14. The summed E-state index contributed by atoms with van der Waals surface area (Å²) in [7, 11) is 3.70. The fourth-order valence-corrected chi connectivity index (χ4v) is 3.82. The topological polar surface area (TPSA) is 67.2 Å². The van der Waals surface area contributed by atoms with Gasteiger partial charge in [-0.05, 0) is 19.8 Å². The highest BCUT2D eigenvalue weighted by atomic mass is 16.2. The number of carbonyl (C=O) groups is 1. The molecular weight excluding hydrogens is 340 g/mol. The van der Waals surface area contributed by atoms with Crippen LogP contribution in [0.3, 0.4) is 0 Å². The van der Waals surface area contributed by atoms with E-state index in [4.69, 9.17) is 0 Å². The molecule has 1 saturated heterocycles. The first-order valence-electron chi connectivity index (χ1n) is 9.27. The van der Waals surface area contributed by atoms with E-state index in [2.05, 4.69) is 32.3 Å². The zero-order valence-corrected chi connectivity index (χ0v) is 16.0. The van der Waals surface area contributed by atoms with E-state index in [1.807, 2.05) is 38.1 Å². The Bertz CT molecular complexity index is 982. The van der Waals surface area contributed by atoms with Crippen LogP contribution in [0.25, 0.3) is 10.8 Å². The van der Waals surface area contributed by atoms with Crippen molar-refractivity contribution in [3.63, 3.8) is 0 Å². The van der Waals surface area contributed by atoms with E-state index in [0.717, 1.165) is 48.2 Å². The van der Waals surface area contributed by atoms with Crippen molar-refractivity contribution >= 4 is 22.5 Å². The van der Waals surface area contributed by atoms with E-state index in [-0.39, 0.29) is 11.9 Å². The smallest absolute Gasteiger partial charge is 0.257 e. The number of rotatable bonds is 3. The molecule has 0 N–H and O–H groups in total. The third kappa shape index (κ3) is 3.25. The van der Waals surface area contributed by atoms with Crippen molar-refractivity contribution in [3.8, 4) is 0 Å². The molecule has 1 atom stereocenters. The fourth-order valence-electron chi connectivity index (χ4n) is 3.82. The highest BCUT2D eigenvalue weighted by Crippen LogP contribution is 2.28. The van der Waals surface area contributed by atoms with Gasteiger partial charge < -0.3 is 9.80 Å². The SMILES string of the molecule is Cc1nnc(N2CCCC(N(C)C(=O)c3cnn(C)c3)C2)c2ccccc12. The number of nitrogens with zero attached hydrogens (tertiary/aromatic N) is 6. The van der Waals surface area contributed by atoms with Crippen LogP contribution in [0.15, 0.2) is 36.7 Å². The van der Waals surface area contributed by atoms with Gasteiger partial charge in [0, 0.05) is 50.2 Å². The van der Waals surface area contributed by atoms with Crippen LogP contribution in [0, 0.1) is 6.92 Å². The summed E-state index contributed by atoms with van der Waals surface area (Å²) in [4.78, 5) is 16.9. The van der Waals surface area contributed by atoms with E-state index in [1.165, 1.54) is 0 Å². The van der Waals surface area contributed by atoms with Gasteiger partial charge in [-0.2, -0.15) is 10.2 Å². The minimum atomic E-state index is 0.00907. The Hall–Kier alpha value is -2.96. The molecule has 1 fully saturated rings. The van der Waals surface area contributed by atoms with Crippen LogP contribution >= 0.6 is 0 Å². The highest BCUT2D eigenvalue weighted by Gasteiger charge is 2.28. The molecule has 3 heterocycles. The number of anilines is 1. The van der Waals surface area contributed by atoms with Gasteiger partial charge >= 0.3 is 0 Å².